The highest BCUT2D eigenvalue weighted by molar-refractivity contribution is 8.00. The van der Waals surface area contributed by atoms with Crippen molar-refractivity contribution >= 4 is 63.6 Å². The molecule has 4 rings (SSSR count). The monoisotopic (exact) mass is 622 g/mol. The number of nitrogens with two attached hydrogens (primary N) is 1. The van der Waals surface area contributed by atoms with Gasteiger partial charge in [0.15, 0.2) is 10.8 Å². The van der Waals surface area contributed by atoms with Gasteiger partial charge in [-0.05, 0) is 38.8 Å². The number of anilines is 1. The molecule has 226 valence electrons. The minimum atomic E-state index is -1.02. The second kappa shape index (κ2) is 12.5. The zero-order valence-corrected chi connectivity index (χ0v) is 25.1. The first-order valence-electron chi connectivity index (χ1n) is 12.6. The highest BCUT2D eigenvalue weighted by atomic mass is 32.2. The number of nitrogens with zero attached hydrogens (tertiary/aromatic N) is 4. The lowest BCUT2D eigenvalue weighted by Crippen LogP contribution is -2.71. The maximum absolute atomic E-state index is 13.4. The summed E-state index contributed by atoms with van der Waals surface area (Å²) in [6.45, 7) is 4.60. The number of nitrogens with one attached hydrogen (secondary N) is 1. The van der Waals surface area contributed by atoms with E-state index in [1.54, 1.807) is 20.8 Å². The van der Waals surface area contributed by atoms with Crippen molar-refractivity contribution in [2.45, 2.75) is 38.6 Å². The molecule has 3 N–H and O–H groups in total. The van der Waals surface area contributed by atoms with Crippen molar-refractivity contribution in [1.82, 2.24) is 20.3 Å². The Labute approximate surface area is 249 Å². The standard InChI is InChI=1S/C25H30N6O9S2/c1-25(2,3)23(36)40-11-39-22(35)17-13(8-12-6-7-30(38-5)19(12)33)9-41-21-16(20(34)31(17)21)28-18(32)15(29-37-4)14-10-42-24(26)27-14/h8,10,16,21H,6-7,9,11H2,1-5H3,(H2,26,27)(H,28,32). The Hall–Kier alpha value is -3.96. The lowest BCUT2D eigenvalue weighted by Gasteiger charge is -2.49. The molecule has 2 saturated heterocycles. The van der Waals surface area contributed by atoms with Crippen LogP contribution in [0.5, 0.6) is 0 Å². The van der Waals surface area contributed by atoms with Crippen molar-refractivity contribution in [3.8, 4) is 0 Å². The van der Waals surface area contributed by atoms with E-state index in [0.29, 0.717) is 24.1 Å². The molecule has 0 radical (unpaired) electrons. The molecule has 0 aromatic carbocycles. The lowest BCUT2D eigenvalue weighted by atomic mass is 9.98. The number of thioether (sulfide) groups is 1. The summed E-state index contributed by atoms with van der Waals surface area (Å²) in [6, 6.07) is -1.02. The Balaban J connectivity index is 1.57. The summed E-state index contributed by atoms with van der Waals surface area (Å²) in [5, 5.41) is 8.60. The number of aromatic nitrogens is 1. The molecule has 0 spiro atoms. The van der Waals surface area contributed by atoms with Crippen molar-refractivity contribution in [2.75, 3.05) is 39.0 Å². The second-order valence-corrected chi connectivity index (χ2v) is 12.2. The van der Waals surface area contributed by atoms with Crippen LogP contribution in [0.3, 0.4) is 0 Å². The number of oxime groups is 1. The van der Waals surface area contributed by atoms with Gasteiger partial charge in [-0.1, -0.05) is 5.16 Å². The van der Waals surface area contributed by atoms with Gasteiger partial charge in [-0.15, -0.1) is 23.1 Å². The van der Waals surface area contributed by atoms with E-state index in [4.69, 9.17) is 24.9 Å². The third-order valence-electron chi connectivity index (χ3n) is 6.29. The zero-order valence-electron chi connectivity index (χ0n) is 23.5. The van der Waals surface area contributed by atoms with Gasteiger partial charge in [0.2, 0.25) is 6.79 Å². The zero-order chi connectivity index (χ0) is 30.8. The average Bonchev–Trinajstić information content (AvgIpc) is 3.53. The fraction of sp³-hybridized carbons (Fsp3) is 0.480. The first-order chi connectivity index (χ1) is 19.9. The number of thiazole rings is 1. The van der Waals surface area contributed by atoms with Crippen LogP contribution in [0, 0.1) is 5.41 Å². The predicted octanol–water partition coefficient (Wildman–Crippen LogP) is 0.540. The molecular formula is C25H30N6O9S2. The SMILES string of the molecule is CON=C(C(=O)NC1C(=O)N2C(C(=O)OCOC(=O)C(C)(C)C)=C(C=C3CCN(OC)C3=O)CSC12)c1csc(N)n1. The molecule has 0 aliphatic carbocycles. The van der Waals surface area contributed by atoms with E-state index in [-0.39, 0.29) is 33.9 Å². The number of amides is 3. The highest BCUT2D eigenvalue weighted by Gasteiger charge is 2.54. The maximum Gasteiger partial charge on any atom is 0.358 e. The smallest absolute Gasteiger partial charge is 0.358 e. The summed E-state index contributed by atoms with van der Waals surface area (Å²) in [7, 11) is 2.64. The van der Waals surface area contributed by atoms with Gasteiger partial charge in [-0.25, -0.2) is 14.8 Å². The second-order valence-electron chi connectivity index (χ2n) is 10.2. The fourth-order valence-corrected chi connectivity index (χ4v) is 6.03. The quantitative estimate of drug-likeness (QED) is 0.0972. The van der Waals surface area contributed by atoms with Gasteiger partial charge >= 0.3 is 11.9 Å². The molecule has 1 aromatic heterocycles. The van der Waals surface area contributed by atoms with Gasteiger partial charge in [-0.3, -0.25) is 28.9 Å². The predicted molar refractivity (Wildman–Crippen MR) is 150 cm³/mol. The molecule has 3 aliphatic rings. The van der Waals surface area contributed by atoms with Crippen molar-refractivity contribution in [1.29, 1.82) is 0 Å². The number of rotatable bonds is 9. The Bertz CT molecular complexity index is 1400. The number of ether oxygens (including phenoxy) is 2. The van der Waals surface area contributed by atoms with Crippen molar-refractivity contribution in [3.05, 3.63) is 34.0 Å². The first-order valence-corrected chi connectivity index (χ1v) is 14.5. The van der Waals surface area contributed by atoms with Crippen LogP contribution in [0.2, 0.25) is 0 Å². The lowest BCUT2D eigenvalue weighted by molar-refractivity contribution is -0.173. The van der Waals surface area contributed by atoms with E-state index in [2.05, 4.69) is 15.5 Å². The summed E-state index contributed by atoms with van der Waals surface area (Å²) < 4.78 is 10.3. The summed E-state index contributed by atoms with van der Waals surface area (Å²) in [5.41, 5.74) is 5.48. The van der Waals surface area contributed by atoms with Crippen LogP contribution in [0.25, 0.3) is 0 Å². The van der Waals surface area contributed by atoms with Gasteiger partial charge in [-0.2, -0.15) is 0 Å². The average molecular weight is 623 g/mol. The number of carbonyl (C=O) groups is 5. The van der Waals surface area contributed by atoms with Crippen molar-refractivity contribution < 1.29 is 43.1 Å². The minimum absolute atomic E-state index is 0.115. The van der Waals surface area contributed by atoms with E-state index in [9.17, 15) is 24.0 Å². The number of β-lactam (4-membered cyclic amide) rings is 1. The Morgan fingerprint density at radius 3 is 2.57 bits per heavy atom. The maximum atomic E-state index is 13.4. The van der Waals surface area contributed by atoms with Gasteiger partial charge < -0.3 is 25.4 Å². The number of hydroxylamine groups is 2. The molecule has 1 aromatic rings. The number of fused-ring (bicyclic) bond motifs is 1. The summed E-state index contributed by atoms with van der Waals surface area (Å²) in [6.07, 6.45) is 1.91. The van der Waals surface area contributed by atoms with Crippen molar-refractivity contribution in [2.24, 2.45) is 10.6 Å². The number of allylic oxidation sites excluding steroid dienone is 1. The Morgan fingerprint density at radius 2 is 1.98 bits per heavy atom. The largest absolute Gasteiger partial charge is 0.427 e. The van der Waals surface area contributed by atoms with Crippen LogP contribution in [0.4, 0.5) is 5.13 Å². The number of hydrogen-bond acceptors (Lipinski definition) is 14. The third-order valence-corrected chi connectivity index (χ3v) is 8.26. The molecule has 42 heavy (non-hydrogen) atoms. The Morgan fingerprint density at radius 1 is 1.24 bits per heavy atom. The van der Waals surface area contributed by atoms with E-state index >= 15 is 0 Å². The molecule has 2 unspecified atom stereocenters. The summed E-state index contributed by atoms with van der Waals surface area (Å²) in [5.74, 6) is -3.00. The van der Waals surface area contributed by atoms with Crippen LogP contribution in [-0.2, 0) is 43.1 Å². The number of esters is 2. The molecule has 17 heteroatoms. The van der Waals surface area contributed by atoms with E-state index in [1.807, 2.05) is 0 Å². The van der Waals surface area contributed by atoms with Gasteiger partial charge in [0.1, 0.15) is 29.9 Å². The van der Waals surface area contributed by atoms with Crippen LogP contribution in [0.1, 0.15) is 32.9 Å². The molecule has 0 bridgehead atoms. The normalized spacial score (nSPS) is 21.7. The van der Waals surface area contributed by atoms with Crippen LogP contribution < -0.4 is 11.1 Å². The fourth-order valence-electron chi connectivity index (χ4n) is 4.18. The summed E-state index contributed by atoms with van der Waals surface area (Å²) >= 11 is 2.38. The molecule has 0 saturated carbocycles. The highest BCUT2D eigenvalue weighted by Crippen LogP contribution is 2.41. The van der Waals surface area contributed by atoms with Gasteiger partial charge in [0.25, 0.3) is 17.7 Å². The topological polar surface area (TPSA) is 192 Å². The van der Waals surface area contributed by atoms with Gasteiger partial charge in [0.05, 0.1) is 19.1 Å². The molecule has 2 fully saturated rings. The first kappa shape index (κ1) is 31.0. The minimum Gasteiger partial charge on any atom is -0.427 e. The molecule has 2 atom stereocenters. The molecule has 15 nitrogen and oxygen atoms in total. The number of carbonyl (C=O) groups excluding carboxylic acids is 5. The van der Waals surface area contributed by atoms with E-state index < -0.39 is 47.4 Å². The molecule has 3 amide bonds. The molecule has 4 heterocycles. The van der Waals surface area contributed by atoms with Crippen LogP contribution >= 0.6 is 23.1 Å². The molecular weight excluding hydrogens is 592 g/mol. The van der Waals surface area contributed by atoms with E-state index in [1.165, 1.54) is 47.4 Å². The molecule has 3 aliphatic heterocycles. The van der Waals surface area contributed by atoms with E-state index in [0.717, 1.165) is 11.3 Å². The summed E-state index contributed by atoms with van der Waals surface area (Å²) in [4.78, 5) is 79.6. The van der Waals surface area contributed by atoms with Gasteiger partial charge in [0, 0.05) is 16.7 Å². The van der Waals surface area contributed by atoms with Crippen molar-refractivity contribution in [3.63, 3.8) is 0 Å². The number of hydrogen-bond donors (Lipinski definition) is 2. The third kappa shape index (κ3) is 6.27. The number of nitrogen functional groups attached to an aromatic ring is 1. The van der Waals surface area contributed by atoms with Crippen LogP contribution in [0.15, 0.2) is 33.5 Å². The van der Waals surface area contributed by atoms with Crippen LogP contribution in [-0.4, -0.2) is 95.0 Å². The Kier molecular flexibility index (Phi) is 9.22.